The molecule has 232 valence electrons. The summed E-state index contributed by atoms with van der Waals surface area (Å²) < 4.78 is 10.7. The lowest BCUT2D eigenvalue weighted by atomic mass is 9.80. The van der Waals surface area contributed by atoms with Crippen LogP contribution in [0.4, 0.5) is 5.69 Å². The van der Waals surface area contributed by atoms with Gasteiger partial charge in [-0.2, -0.15) is 0 Å². The summed E-state index contributed by atoms with van der Waals surface area (Å²) >= 11 is 0. The number of nitro groups is 1. The maximum Gasteiger partial charge on any atom is 0.336 e. The van der Waals surface area contributed by atoms with Gasteiger partial charge < -0.3 is 19.9 Å². The maximum atomic E-state index is 13.5. The number of benzene rings is 3. The molecule has 0 radical (unpaired) electrons. The van der Waals surface area contributed by atoms with E-state index in [2.05, 4.69) is 63.6 Å². The fourth-order valence-corrected chi connectivity index (χ4v) is 6.66. The van der Waals surface area contributed by atoms with Crippen LogP contribution in [0.5, 0.6) is 0 Å². The molecule has 2 aliphatic heterocycles. The highest BCUT2D eigenvalue weighted by atomic mass is 16.6. The highest BCUT2D eigenvalue weighted by Gasteiger charge is 2.41. The van der Waals surface area contributed by atoms with Gasteiger partial charge in [0.15, 0.2) is 0 Å². The molecule has 0 aromatic heterocycles. The molecule has 11 nitrogen and oxygen atoms in total. The standard InChI is InChI=1S/C34H34N4O7/c1-21-28(29(30(32(39)35-21)33(40)44-2)22-8-7-9-23(20-22)38(42)43)34(41)45-19-18-36-14-16-37(17-15-36)31-26-12-5-3-10-24(26)25-11-4-6-13-27(25)31/h3-13,20,29,31,40H,14-19H2,1-2H3,(H,35,39)/b33-30-. The van der Waals surface area contributed by atoms with Crippen LogP contribution in [-0.4, -0.2) is 78.1 Å². The van der Waals surface area contributed by atoms with Gasteiger partial charge in [-0.1, -0.05) is 60.7 Å². The first-order chi connectivity index (χ1) is 21.8. The number of amides is 1. The summed E-state index contributed by atoms with van der Waals surface area (Å²) in [6.45, 7) is 5.51. The predicted molar refractivity (Wildman–Crippen MR) is 166 cm³/mol. The molecule has 1 fully saturated rings. The number of non-ortho nitro benzene ring substituents is 1. The monoisotopic (exact) mass is 610 g/mol. The lowest BCUT2D eigenvalue weighted by Crippen LogP contribution is -2.48. The topological polar surface area (TPSA) is 134 Å². The van der Waals surface area contributed by atoms with Crippen molar-refractivity contribution < 1.29 is 29.1 Å². The van der Waals surface area contributed by atoms with Crippen LogP contribution in [0.25, 0.3) is 11.1 Å². The molecule has 45 heavy (non-hydrogen) atoms. The Labute approximate surface area is 260 Å². The molecule has 3 aliphatic rings. The van der Waals surface area contributed by atoms with Crippen LogP contribution in [0, 0.1) is 10.1 Å². The number of carbonyl (C=O) groups excluding carboxylic acids is 2. The number of carbonyl (C=O) groups is 2. The lowest BCUT2D eigenvalue weighted by Gasteiger charge is -2.38. The zero-order chi connectivity index (χ0) is 31.7. The number of esters is 1. The molecule has 3 aromatic carbocycles. The molecule has 1 amide bonds. The molecule has 3 aromatic rings. The normalized spacial score (nSPS) is 19.9. The average Bonchev–Trinajstić information content (AvgIpc) is 3.39. The first kappa shape index (κ1) is 30.0. The zero-order valence-electron chi connectivity index (χ0n) is 25.1. The number of hydrogen-bond acceptors (Lipinski definition) is 9. The molecule has 1 atom stereocenters. The summed E-state index contributed by atoms with van der Waals surface area (Å²) in [5.74, 6) is -3.19. The molecule has 0 bridgehead atoms. The summed E-state index contributed by atoms with van der Waals surface area (Å²) in [6.07, 6.45) is 0. The van der Waals surface area contributed by atoms with Crippen LogP contribution in [0.15, 0.2) is 95.6 Å². The smallest absolute Gasteiger partial charge is 0.336 e. The fourth-order valence-electron chi connectivity index (χ4n) is 6.66. The zero-order valence-corrected chi connectivity index (χ0v) is 25.1. The molecule has 1 aliphatic carbocycles. The summed E-state index contributed by atoms with van der Waals surface area (Å²) in [6, 6.07) is 23.0. The second-order valence-corrected chi connectivity index (χ2v) is 11.3. The van der Waals surface area contributed by atoms with Gasteiger partial charge in [0.25, 0.3) is 17.5 Å². The quantitative estimate of drug-likeness (QED) is 0.125. The van der Waals surface area contributed by atoms with Gasteiger partial charge in [0, 0.05) is 50.6 Å². The summed E-state index contributed by atoms with van der Waals surface area (Å²) in [7, 11) is 1.19. The number of piperazine rings is 1. The summed E-state index contributed by atoms with van der Waals surface area (Å²) in [5.41, 5.74) is 5.36. The van der Waals surface area contributed by atoms with Crippen molar-refractivity contribution in [2.75, 3.05) is 46.4 Å². The van der Waals surface area contributed by atoms with Gasteiger partial charge in [0.1, 0.15) is 12.2 Å². The average molecular weight is 611 g/mol. The van der Waals surface area contributed by atoms with Crippen LogP contribution >= 0.6 is 0 Å². The Balaban J connectivity index is 1.13. The van der Waals surface area contributed by atoms with Crippen molar-refractivity contribution in [3.63, 3.8) is 0 Å². The van der Waals surface area contributed by atoms with E-state index in [-0.39, 0.29) is 40.7 Å². The lowest BCUT2D eigenvalue weighted by molar-refractivity contribution is -0.384. The Morgan fingerprint density at radius 2 is 1.64 bits per heavy atom. The first-order valence-electron chi connectivity index (χ1n) is 14.8. The van der Waals surface area contributed by atoms with Crippen LogP contribution in [-0.2, 0) is 19.1 Å². The molecule has 0 spiro atoms. The number of nitro benzene ring substituents is 1. The van der Waals surface area contributed by atoms with Crippen LogP contribution < -0.4 is 5.32 Å². The van der Waals surface area contributed by atoms with Gasteiger partial charge in [-0.05, 0) is 34.7 Å². The van der Waals surface area contributed by atoms with E-state index in [0.29, 0.717) is 6.54 Å². The number of nitrogens with zero attached hydrogens (tertiary/aromatic N) is 3. The third kappa shape index (κ3) is 5.67. The van der Waals surface area contributed by atoms with Crippen molar-refractivity contribution in [1.29, 1.82) is 0 Å². The number of methoxy groups -OCH3 is 1. The van der Waals surface area contributed by atoms with E-state index in [1.807, 2.05) is 0 Å². The van der Waals surface area contributed by atoms with Gasteiger partial charge in [0.2, 0.25) is 0 Å². The minimum Gasteiger partial charge on any atom is -0.481 e. The van der Waals surface area contributed by atoms with Crippen molar-refractivity contribution in [3.8, 4) is 11.1 Å². The number of allylic oxidation sites excluding steroid dienone is 1. The van der Waals surface area contributed by atoms with Crippen molar-refractivity contribution in [3.05, 3.63) is 122 Å². The molecule has 1 saturated heterocycles. The predicted octanol–water partition coefficient (Wildman–Crippen LogP) is 4.43. The largest absolute Gasteiger partial charge is 0.481 e. The molecule has 0 saturated carbocycles. The van der Waals surface area contributed by atoms with Gasteiger partial charge >= 0.3 is 5.97 Å². The molecule has 2 heterocycles. The number of ether oxygens (including phenoxy) is 2. The van der Waals surface area contributed by atoms with E-state index in [1.54, 1.807) is 13.0 Å². The number of nitrogens with one attached hydrogen (secondary N) is 1. The molecule has 2 N–H and O–H groups in total. The van der Waals surface area contributed by atoms with Crippen LogP contribution in [0.2, 0.25) is 0 Å². The van der Waals surface area contributed by atoms with E-state index in [4.69, 9.17) is 9.47 Å². The Hall–Kier alpha value is -5.00. The highest BCUT2D eigenvalue weighted by Crippen LogP contribution is 2.46. The van der Waals surface area contributed by atoms with Crippen molar-refractivity contribution in [2.45, 2.75) is 18.9 Å². The number of fused-ring (bicyclic) bond motifs is 3. The van der Waals surface area contributed by atoms with E-state index < -0.39 is 28.7 Å². The number of aliphatic hydroxyl groups excluding tert-OH is 1. The fraction of sp³-hybridized carbons (Fsp3) is 0.294. The molecule has 11 heteroatoms. The maximum absolute atomic E-state index is 13.5. The Morgan fingerprint density at radius 3 is 2.27 bits per heavy atom. The van der Waals surface area contributed by atoms with Crippen molar-refractivity contribution >= 4 is 17.6 Å². The number of aliphatic hydroxyl groups is 1. The molecule has 1 unspecified atom stereocenters. The Bertz CT molecular complexity index is 1680. The van der Waals surface area contributed by atoms with Crippen molar-refractivity contribution in [2.24, 2.45) is 0 Å². The summed E-state index contributed by atoms with van der Waals surface area (Å²) in [5, 5.41) is 24.5. The second kappa shape index (κ2) is 12.5. The van der Waals surface area contributed by atoms with E-state index in [0.717, 1.165) is 26.2 Å². The SMILES string of the molecule is CO/C(O)=C1\C(=O)NC(C)=C(C(=O)OCCN2CCN(C3c4ccccc4-c4ccccc43)CC2)C1c1cccc([N+](=O)[O-])c1. The van der Waals surface area contributed by atoms with Crippen LogP contribution in [0.3, 0.4) is 0 Å². The minimum atomic E-state index is -1.13. The van der Waals surface area contributed by atoms with E-state index in [9.17, 15) is 24.8 Å². The minimum absolute atomic E-state index is 0.0667. The van der Waals surface area contributed by atoms with Crippen LogP contribution in [0.1, 0.15) is 35.6 Å². The second-order valence-electron chi connectivity index (χ2n) is 11.3. The van der Waals surface area contributed by atoms with E-state index >= 15 is 0 Å². The first-order valence-corrected chi connectivity index (χ1v) is 14.8. The molecular formula is C34H34N4O7. The highest BCUT2D eigenvalue weighted by molar-refractivity contribution is 6.04. The van der Waals surface area contributed by atoms with Gasteiger partial charge in [0.05, 0.1) is 29.6 Å². The van der Waals surface area contributed by atoms with Gasteiger partial charge in [-0.3, -0.25) is 24.7 Å². The van der Waals surface area contributed by atoms with Crippen molar-refractivity contribution in [1.82, 2.24) is 15.1 Å². The Kier molecular flexibility index (Phi) is 8.38. The number of rotatable bonds is 8. The number of hydrogen-bond donors (Lipinski definition) is 2. The summed E-state index contributed by atoms with van der Waals surface area (Å²) in [4.78, 5) is 42.1. The molecular weight excluding hydrogens is 576 g/mol. The Morgan fingerprint density at radius 1 is 1.00 bits per heavy atom. The van der Waals surface area contributed by atoms with Gasteiger partial charge in [-0.15, -0.1) is 0 Å². The van der Waals surface area contributed by atoms with E-state index in [1.165, 1.54) is 47.6 Å². The molecule has 6 rings (SSSR count). The van der Waals surface area contributed by atoms with Gasteiger partial charge in [-0.25, -0.2) is 4.79 Å². The third-order valence-corrected chi connectivity index (χ3v) is 8.80. The third-order valence-electron chi connectivity index (χ3n) is 8.80.